The molecule has 2 rings (SSSR count). The van der Waals surface area contributed by atoms with Crippen molar-refractivity contribution in [3.05, 3.63) is 0 Å². The number of rotatable bonds is 1. The lowest BCUT2D eigenvalue weighted by atomic mass is 9.83. The molecule has 0 radical (unpaired) electrons. The maximum atomic E-state index is 12.8. The van der Waals surface area contributed by atoms with E-state index in [2.05, 4.69) is 10.2 Å². The van der Waals surface area contributed by atoms with Crippen LogP contribution in [0, 0.1) is 5.89 Å². The summed E-state index contributed by atoms with van der Waals surface area (Å²) in [5.41, 5.74) is 0. The summed E-state index contributed by atoms with van der Waals surface area (Å²) in [6, 6.07) is 0. The molecule has 1 fully saturated rings. The SMILES string of the molecule is [2H]C1(C2(F)N=N2)CCC1. The second kappa shape index (κ2) is 1.09. The van der Waals surface area contributed by atoms with E-state index in [0.717, 1.165) is 6.42 Å². The number of alkyl halides is 1. The molecule has 0 unspecified atom stereocenters. The number of hydrogen-bond donors (Lipinski definition) is 0. The van der Waals surface area contributed by atoms with Gasteiger partial charge in [-0.3, -0.25) is 0 Å². The van der Waals surface area contributed by atoms with Crippen LogP contribution in [0.1, 0.15) is 20.6 Å². The number of nitrogens with zero attached hydrogens (tertiary/aromatic N) is 2. The van der Waals surface area contributed by atoms with E-state index in [0.29, 0.717) is 12.8 Å². The number of hydrogen-bond acceptors (Lipinski definition) is 2. The van der Waals surface area contributed by atoms with Gasteiger partial charge in [0.1, 0.15) is 0 Å². The highest BCUT2D eigenvalue weighted by Crippen LogP contribution is 2.47. The van der Waals surface area contributed by atoms with Crippen LogP contribution in [0.4, 0.5) is 4.39 Å². The first-order chi connectivity index (χ1) is 4.16. The molecule has 0 N–H and O–H groups in total. The summed E-state index contributed by atoms with van der Waals surface area (Å²) in [5, 5.41) is 6.40. The van der Waals surface area contributed by atoms with E-state index in [1.807, 2.05) is 0 Å². The zero-order valence-corrected chi connectivity index (χ0v) is 4.39. The molecule has 0 saturated heterocycles. The zero-order chi connectivity index (χ0) is 6.54. The monoisotopic (exact) mass is 115 g/mol. The summed E-state index contributed by atoms with van der Waals surface area (Å²) in [7, 11) is 0. The Morgan fingerprint density at radius 1 is 1.62 bits per heavy atom. The third-order valence-corrected chi connectivity index (χ3v) is 1.68. The van der Waals surface area contributed by atoms with Gasteiger partial charge in [-0.25, -0.2) is 0 Å². The summed E-state index contributed by atoms with van der Waals surface area (Å²) in [6.45, 7) is 0. The lowest BCUT2D eigenvalue weighted by Gasteiger charge is -2.24. The third kappa shape index (κ3) is 0.415. The minimum absolute atomic E-state index is 0.608. The quantitative estimate of drug-likeness (QED) is 0.466. The molecule has 0 bridgehead atoms. The van der Waals surface area contributed by atoms with E-state index >= 15 is 0 Å². The Morgan fingerprint density at radius 2 is 2.25 bits per heavy atom. The van der Waals surface area contributed by atoms with Crippen LogP contribution in [-0.4, -0.2) is 5.92 Å². The van der Waals surface area contributed by atoms with Crippen molar-refractivity contribution in [2.75, 3.05) is 0 Å². The van der Waals surface area contributed by atoms with Gasteiger partial charge >= 0.3 is 5.92 Å². The molecule has 1 aliphatic heterocycles. The maximum Gasteiger partial charge on any atom is 0.331 e. The molecule has 0 atom stereocenters. The molecule has 8 heavy (non-hydrogen) atoms. The standard InChI is InChI=1S/C5H7FN2/c6-5(7-8-5)4-2-1-3-4/h4H,1-3H2/i4D. The molecule has 44 valence electrons. The highest BCUT2D eigenvalue weighted by Gasteiger charge is 2.50. The molecule has 3 heteroatoms. The smallest absolute Gasteiger partial charge is 0.187 e. The topological polar surface area (TPSA) is 24.7 Å². The second-order valence-corrected chi connectivity index (χ2v) is 2.24. The number of halogens is 1. The van der Waals surface area contributed by atoms with Gasteiger partial charge in [0.15, 0.2) is 0 Å². The van der Waals surface area contributed by atoms with Crippen molar-refractivity contribution < 1.29 is 5.76 Å². The summed E-state index contributed by atoms with van der Waals surface area (Å²) in [5.74, 6) is -2.78. The zero-order valence-electron chi connectivity index (χ0n) is 5.39. The first-order valence-corrected chi connectivity index (χ1v) is 2.79. The predicted molar refractivity (Wildman–Crippen MR) is 26.0 cm³/mol. The van der Waals surface area contributed by atoms with Crippen LogP contribution in [-0.2, 0) is 0 Å². The summed E-state index contributed by atoms with van der Waals surface area (Å²) in [6.07, 6.45) is 2.16. The minimum atomic E-state index is -1.80. The highest BCUT2D eigenvalue weighted by molar-refractivity contribution is 4.93. The summed E-state index contributed by atoms with van der Waals surface area (Å²) in [4.78, 5) is 0. The molecular weight excluding hydrogens is 107 g/mol. The first-order valence-electron chi connectivity index (χ1n) is 3.29. The average Bonchev–Trinajstić information content (AvgIpc) is 2.43. The fraction of sp³-hybridized carbons (Fsp3) is 1.00. The fourth-order valence-corrected chi connectivity index (χ4v) is 0.857. The van der Waals surface area contributed by atoms with Gasteiger partial charge < -0.3 is 0 Å². The molecule has 1 aliphatic carbocycles. The van der Waals surface area contributed by atoms with E-state index in [-0.39, 0.29) is 0 Å². The van der Waals surface area contributed by atoms with E-state index in [9.17, 15) is 4.39 Å². The minimum Gasteiger partial charge on any atom is -0.187 e. The summed E-state index contributed by atoms with van der Waals surface area (Å²) >= 11 is 0. The molecule has 0 aromatic rings. The Labute approximate surface area is 48.2 Å². The summed E-state index contributed by atoms with van der Waals surface area (Å²) < 4.78 is 20.2. The molecule has 0 aromatic carbocycles. The second-order valence-electron chi connectivity index (χ2n) is 2.24. The Morgan fingerprint density at radius 3 is 2.38 bits per heavy atom. The molecular formula is C5H7FN2. The molecule has 2 nitrogen and oxygen atoms in total. The van der Waals surface area contributed by atoms with Crippen LogP contribution in [0.5, 0.6) is 0 Å². The Bertz CT molecular complexity index is 170. The van der Waals surface area contributed by atoms with Crippen molar-refractivity contribution in [3.63, 3.8) is 0 Å². The van der Waals surface area contributed by atoms with Gasteiger partial charge in [0.2, 0.25) is 0 Å². The largest absolute Gasteiger partial charge is 0.331 e. The maximum absolute atomic E-state index is 12.8. The van der Waals surface area contributed by atoms with Crippen molar-refractivity contribution in [1.29, 1.82) is 0 Å². The van der Waals surface area contributed by atoms with Crippen molar-refractivity contribution in [2.45, 2.75) is 25.2 Å². The van der Waals surface area contributed by atoms with Crippen molar-refractivity contribution >= 4 is 0 Å². The van der Waals surface area contributed by atoms with E-state index in [4.69, 9.17) is 1.37 Å². The van der Waals surface area contributed by atoms with E-state index in [1.54, 1.807) is 0 Å². The van der Waals surface area contributed by atoms with Crippen LogP contribution < -0.4 is 0 Å². The van der Waals surface area contributed by atoms with Crippen LogP contribution in [0.25, 0.3) is 0 Å². The third-order valence-electron chi connectivity index (χ3n) is 1.68. The van der Waals surface area contributed by atoms with Crippen LogP contribution in [0.15, 0.2) is 10.2 Å². The normalized spacial score (nSPS) is 37.9. The molecule has 1 saturated carbocycles. The van der Waals surface area contributed by atoms with Crippen molar-refractivity contribution in [2.24, 2.45) is 16.1 Å². The van der Waals surface area contributed by atoms with Crippen LogP contribution in [0.2, 0.25) is 0 Å². The van der Waals surface area contributed by atoms with Gasteiger partial charge in [-0.15, -0.1) is 10.2 Å². The Hall–Kier alpha value is -0.470. The molecule has 0 amide bonds. The van der Waals surface area contributed by atoms with Crippen molar-refractivity contribution in [1.82, 2.24) is 0 Å². The van der Waals surface area contributed by atoms with E-state index < -0.39 is 11.8 Å². The molecule has 0 aromatic heterocycles. The van der Waals surface area contributed by atoms with Gasteiger partial charge in [0.25, 0.3) is 0 Å². The van der Waals surface area contributed by atoms with E-state index in [1.165, 1.54) is 0 Å². The Kier molecular flexibility index (Phi) is 0.482. The van der Waals surface area contributed by atoms with Gasteiger partial charge in [0, 0.05) is 7.26 Å². The first kappa shape index (κ1) is 3.54. The lowest BCUT2D eigenvalue weighted by Crippen LogP contribution is -2.25. The Balaban J connectivity index is 2.12. The predicted octanol–water partition coefficient (Wildman–Crippen LogP) is 1.88. The lowest BCUT2D eigenvalue weighted by molar-refractivity contribution is 0.110. The fourth-order valence-electron chi connectivity index (χ4n) is 0.857. The van der Waals surface area contributed by atoms with Gasteiger partial charge in [-0.2, -0.15) is 4.39 Å². The van der Waals surface area contributed by atoms with Gasteiger partial charge in [0.05, 0.1) is 0 Å². The van der Waals surface area contributed by atoms with Crippen LogP contribution in [0.3, 0.4) is 0 Å². The van der Waals surface area contributed by atoms with Gasteiger partial charge in [-0.05, 0) is 12.8 Å². The van der Waals surface area contributed by atoms with Crippen molar-refractivity contribution in [3.8, 4) is 0 Å². The molecule has 2 aliphatic rings. The van der Waals surface area contributed by atoms with Gasteiger partial charge in [-0.1, -0.05) is 6.42 Å². The molecule has 1 heterocycles. The molecule has 0 spiro atoms. The highest BCUT2D eigenvalue weighted by atomic mass is 19.2. The average molecular weight is 115 g/mol. The van der Waals surface area contributed by atoms with Crippen LogP contribution >= 0.6 is 0 Å².